The summed E-state index contributed by atoms with van der Waals surface area (Å²) in [7, 11) is 0. The van der Waals surface area contributed by atoms with E-state index in [1.54, 1.807) is 0 Å². The average Bonchev–Trinajstić information content (AvgIpc) is 2.89. The first kappa shape index (κ1) is 19.8. The number of hydrogen-bond acceptors (Lipinski definition) is 4. The Bertz CT molecular complexity index is 788. The Labute approximate surface area is 161 Å². The third-order valence-corrected chi connectivity index (χ3v) is 5.25. The zero-order valence-electron chi connectivity index (χ0n) is 15.6. The highest BCUT2D eigenvalue weighted by Gasteiger charge is 2.52. The largest absolute Gasteiger partial charge is 0.345 e. The van der Waals surface area contributed by atoms with Gasteiger partial charge in [-0.3, -0.25) is 19.3 Å². The second-order valence-electron chi connectivity index (χ2n) is 7.42. The fourth-order valence-corrected chi connectivity index (χ4v) is 3.53. The minimum atomic E-state index is -0.899. The first-order valence-corrected chi connectivity index (χ1v) is 9.25. The quantitative estimate of drug-likeness (QED) is 0.660. The number of anilines is 1. The molecule has 0 radical (unpaired) electrons. The lowest BCUT2D eigenvalue weighted by molar-refractivity contribution is -0.136. The van der Waals surface area contributed by atoms with Crippen LogP contribution >= 0.6 is 0 Å². The smallest absolute Gasteiger partial charge is 0.325 e. The number of rotatable bonds is 5. The maximum atomic E-state index is 12.9. The van der Waals surface area contributed by atoms with Gasteiger partial charge in [0.15, 0.2) is 0 Å². The van der Waals surface area contributed by atoms with Gasteiger partial charge in [0.05, 0.1) is 6.54 Å². The molecule has 1 aliphatic carbocycles. The highest BCUT2D eigenvalue weighted by molar-refractivity contribution is 6.09. The molecule has 28 heavy (non-hydrogen) atoms. The molecule has 1 aromatic rings. The summed E-state index contributed by atoms with van der Waals surface area (Å²) in [5, 5.41) is 7.63. The van der Waals surface area contributed by atoms with Gasteiger partial charge in [0.2, 0.25) is 11.8 Å². The van der Waals surface area contributed by atoms with Crippen LogP contribution in [0, 0.1) is 11.7 Å². The number of hydrogen-bond donors (Lipinski definition) is 3. The van der Waals surface area contributed by atoms with Crippen LogP contribution in [0.15, 0.2) is 24.3 Å². The lowest BCUT2D eigenvalue weighted by Crippen LogP contribution is -2.50. The van der Waals surface area contributed by atoms with E-state index in [-0.39, 0.29) is 12.5 Å². The molecule has 0 atom stereocenters. The molecule has 0 bridgehead atoms. The van der Waals surface area contributed by atoms with Crippen molar-refractivity contribution < 1.29 is 23.6 Å². The zero-order chi connectivity index (χ0) is 20.3. The van der Waals surface area contributed by atoms with Gasteiger partial charge in [-0.2, -0.15) is 0 Å². The third-order valence-electron chi connectivity index (χ3n) is 5.25. The molecule has 2 fully saturated rings. The van der Waals surface area contributed by atoms with Crippen molar-refractivity contribution in [2.75, 3.05) is 18.4 Å². The molecule has 8 nitrogen and oxygen atoms in total. The molecule has 2 aliphatic rings. The van der Waals surface area contributed by atoms with Gasteiger partial charge in [-0.15, -0.1) is 0 Å². The van der Waals surface area contributed by atoms with Gasteiger partial charge in [0, 0.05) is 5.69 Å². The number of urea groups is 1. The Morgan fingerprint density at radius 3 is 2.46 bits per heavy atom. The maximum absolute atomic E-state index is 12.9. The second-order valence-corrected chi connectivity index (χ2v) is 7.42. The minimum Gasteiger partial charge on any atom is -0.345 e. The van der Waals surface area contributed by atoms with Crippen molar-refractivity contribution >= 4 is 29.4 Å². The van der Waals surface area contributed by atoms with E-state index < -0.39 is 35.7 Å². The fourth-order valence-electron chi connectivity index (χ4n) is 3.53. The molecule has 1 saturated carbocycles. The summed E-state index contributed by atoms with van der Waals surface area (Å²) in [6, 6.07) is 4.62. The van der Waals surface area contributed by atoms with E-state index in [1.807, 2.05) is 0 Å². The van der Waals surface area contributed by atoms with Crippen LogP contribution in [-0.2, 0) is 14.4 Å². The number of carbonyl (C=O) groups is 4. The monoisotopic (exact) mass is 390 g/mol. The number of nitrogens with zero attached hydrogens (tertiary/aromatic N) is 1. The number of imide groups is 1. The van der Waals surface area contributed by atoms with Gasteiger partial charge in [0.25, 0.3) is 5.91 Å². The predicted molar refractivity (Wildman–Crippen MR) is 98.6 cm³/mol. The molecule has 1 spiro atoms. The normalized spacial score (nSPS) is 24.2. The molecule has 0 unspecified atom stereocenters. The van der Waals surface area contributed by atoms with Crippen LogP contribution in [0.3, 0.4) is 0 Å². The molecule has 1 aliphatic heterocycles. The molecular formula is C19H23FN4O4. The summed E-state index contributed by atoms with van der Waals surface area (Å²) in [5.41, 5.74) is -0.507. The van der Waals surface area contributed by atoms with Crippen molar-refractivity contribution in [3.8, 4) is 0 Å². The van der Waals surface area contributed by atoms with E-state index in [2.05, 4.69) is 22.9 Å². The van der Waals surface area contributed by atoms with E-state index in [0.29, 0.717) is 24.4 Å². The van der Waals surface area contributed by atoms with E-state index in [4.69, 9.17) is 0 Å². The van der Waals surface area contributed by atoms with Crippen molar-refractivity contribution in [3.05, 3.63) is 30.1 Å². The number of amides is 5. The standard InChI is InChI=1S/C19H23FN4O4/c1-12-6-8-19(9-7-12)17(27)24(18(28)23-19)11-16(26)21-10-15(25)22-14-4-2-13(20)3-5-14/h2-5,12H,6-11H2,1H3,(H,21,26)(H,22,25)(H,23,28). The van der Waals surface area contributed by atoms with E-state index in [1.165, 1.54) is 24.3 Å². The summed E-state index contributed by atoms with van der Waals surface area (Å²) in [6.07, 6.45) is 2.82. The van der Waals surface area contributed by atoms with Crippen LogP contribution in [0.5, 0.6) is 0 Å². The lowest BCUT2D eigenvalue weighted by atomic mass is 9.77. The summed E-state index contributed by atoms with van der Waals surface area (Å²) in [6.45, 7) is 1.34. The van der Waals surface area contributed by atoms with Crippen LogP contribution in [0.1, 0.15) is 32.6 Å². The van der Waals surface area contributed by atoms with Crippen molar-refractivity contribution in [2.24, 2.45) is 5.92 Å². The van der Waals surface area contributed by atoms with Crippen LogP contribution in [0.25, 0.3) is 0 Å². The zero-order valence-corrected chi connectivity index (χ0v) is 15.6. The first-order chi connectivity index (χ1) is 13.3. The maximum Gasteiger partial charge on any atom is 0.325 e. The Kier molecular flexibility index (Phi) is 5.62. The molecule has 1 aromatic carbocycles. The molecule has 1 heterocycles. The Balaban J connectivity index is 1.49. The second kappa shape index (κ2) is 7.95. The van der Waals surface area contributed by atoms with Crippen LogP contribution < -0.4 is 16.0 Å². The van der Waals surface area contributed by atoms with Gasteiger partial charge in [-0.1, -0.05) is 6.92 Å². The number of benzene rings is 1. The average molecular weight is 390 g/mol. The molecule has 3 rings (SSSR count). The SMILES string of the molecule is CC1CCC2(CC1)NC(=O)N(CC(=O)NCC(=O)Nc1ccc(F)cc1)C2=O. The van der Waals surface area contributed by atoms with E-state index in [0.717, 1.165) is 17.7 Å². The Morgan fingerprint density at radius 1 is 1.18 bits per heavy atom. The minimum absolute atomic E-state index is 0.331. The van der Waals surface area contributed by atoms with Crippen LogP contribution in [0.4, 0.5) is 14.9 Å². The summed E-state index contributed by atoms with van der Waals surface area (Å²) in [4.78, 5) is 49.7. The summed E-state index contributed by atoms with van der Waals surface area (Å²) >= 11 is 0. The number of halogens is 1. The highest BCUT2D eigenvalue weighted by Crippen LogP contribution is 2.36. The molecule has 9 heteroatoms. The van der Waals surface area contributed by atoms with Gasteiger partial charge < -0.3 is 16.0 Å². The van der Waals surface area contributed by atoms with Crippen LogP contribution in [0.2, 0.25) is 0 Å². The molecule has 0 aromatic heterocycles. The van der Waals surface area contributed by atoms with Crippen LogP contribution in [-0.4, -0.2) is 47.3 Å². The fraction of sp³-hybridized carbons (Fsp3) is 0.474. The molecule has 5 amide bonds. The van der Waals surface area contributed by atoms with Gasteiger partial charge >= 0.3 is 6.03 Å². The topological polar surface area (TPSA) is 108 Å². The highest BCUT2D eigenvalue weighted by atomic mass is 19.1. The molecule has 3 N–H and O–H groups in total. The van der Waals surface area contributed by atoms with Gasteiger partial charge in [0.1, 0.15) is 17.9 Å². The van der Waals surface area contributed by atoms with Crippen molar-refractivity contribution in [3.63, 3.8) is 0 Å². The Hall–Kier alpha value is -2.97. The predicted octanol–water partition coefficient (Wildman–Crippen LogP) is 1.38. The first-order valence-electron chi connectivity index (χ1n) is 9.25. The number of carbonyl (C=O) groups excluding carboxylic acids is 4. The number of nitrogens with one attached hydrogen (secondary N) is 3. The lowest BCUT2D eigenvalue weighted by Gasteiger charge is -2.33. The molecular weight excluding hydrogens is 367 g/mol. The molecule has 150 valence electrons. The third kappa shape index (κ3) is 4.29. The summed E-state index contributed by atoms with van der Waals surface area (Å²) in [5.74, 6) is -1.42. The summed E-state index contributed by atoms with van der Waals surface area (Å²) < 4.78 is 12.9. The Morgan fingerprint density at radius 2 is 1.82 bits per heavy atom. The van der Waals surface area contributed by atoms with Gasteiger partial charge in [-0.25, -0.2) is 9.18 Å². The van der Waals surface area contributed by atoms with E-state index >= 15 is 0 Å². The van der Waals surface area contributed by atoms with Crippen molar-refractivity contribution in [1.82, 2.24) is 15.5 Å². The molecule has 1 saturated heterocycles. The van der Waals surface area contributed by atoms with Crippen molar-refractivity contribution in [2.45, 2.75) is 38.1 Å². The van der Waals surface area contributed by atoms with Crippen molar-refractivity contribution in [1.29, 1.82) is 0 Å². The van der Waals surface area contributed by atoms with Gasteiger partial charge in [-0.05, 0) is 55.9 Å². The van der Waals surface area contributed by atoms with E-state index in [9.17, 15) is 23.6 Å².